The van der Waals surface area contributed by atoms with Crippen molar-refractivity contribution < 1.29 is 0 Å². The number of unbranched alkanes of at least 4 members (excludes halogenated alkanes) is 12. The lowest BCUT2D eigenvalue weighted by atomic mass is 10.0. The molecule has 0 unspecified atom stereocenters. The van der Waals surface area contributed by atoms with Crippen LogP contribution in [0.2, 0.25) is 0 Å². The molecule has 0 spiro atoms. The van der Waals surface area contributed by atoms with E-state index in [1.807, 2.05) is 12.1 Å². The first-order valence-corrected chi connectivity index (χ1v) is 9.85. The maximum Gasteiger partial charge on any atom is 0.0346 e. The van der Waals surface area contributed by atoms with Crippen LogP contribution in [0.1, 0.15) is 96.0 Å². The third-order valence-corrected chi connectivity index (χ3v) is 4.33. The first-order chi connectivity index (χ1) is 11.4. The largest absolute Gasteiger partial charge is 0.103 e. The van der Waals surface area contributed by atoms with Crippen molar-refractivity contribution in [2.45, 2.75) is 96.8 Å². The second kappa shape index (κ2) is 15.7. The van der Waals surface area contributed by atoms with Gasteiger partial charge in [0.25, 0.3) is 0 Å². The lowest BCUT2D eigenvalue weighted by Gasteiger charge is -2.01. The van der Waals surface area contributed by atoms with E-state index in [1.165, 1.54) is 82.6 Å². The van der Waals surface area contributed by atoms with Gasteiger partial charge in [-0.2, -0.15) is 0 Å². The molecular weight excluding hydrogens is 276 g/mol. The van der Waals surface area contributed by atoms with Gasteiger partial charge in [-0.05, 0) is 18.1 Å². The Bertz CT molecular complexity index is 407. The Hall–Kier alpha value is -1.22. The second-order valence-electron chi connectivity index (χ2n) is 6.56. The minimum absolute atomic E-state index is 0.846. The van der Waals surface area contributed by atoms with Crippen molar-refractivity contribution in [3.8, 4) is 11.8 Å². The number of hydrogen-bond acceptors (Lipinski definition) is 0. The fourth-order valence-electron chi connectivity index (χ4n) is 2.84. The van der Waals surface area contributed by atoms with Crippen molar-refractivity contribution in [3.63, 3.8) is 0 Å². The Morgan fingerprint density at radius 1 is 0.739 bits per heavy atom. The molecule has 0 aliphatic rings. The van der Waals surface area contributed by atoms with Crippen LogP contribution in [0, 0.1) is 17.9 Å². The monoisotopic (exact) mass is 311 g/mol. The van der Waals surface area contributed by atoms with Crippen LogP contribution < -0.4 is 0 Å². The zero-order chi connectivity index (χ0) is 16.4. The molecule has 0 aliphatic carbocycles. The maximum atomic E-state index is 3.30. The summed E-state index contributed by atoms with van der Waals surface area (Å²) in [5.74, 6) is 6.56. The van der Waals surface area contributed by atoms with Crippen molar-refractivity contribution in [2.75, 3.05) is 0 Å². The Morgan fingerprint density at radius 2 is 1.35 bits per heavy atom. The molecule has 0 nitrogen and oxygen atoms in total. The molecule has 1 aromatic rings. The molecule has 0 atom stereocenters. The summed E-state index contributed by atoms with van der Waals surface area (Å²) in [4.78, 5) is 0. The van der Waals surface area contributed by atoms with Crippen LogP contribution in [0.4, 0.5) is 0 Å². The van der Waals surface area contributed by atoms with E-state index in [9.17, 15) is 0 Å². The molecule has 1 radical (unpaired) electrons. The van der Waals surface area contributed by atoms with Crippen molar-refractivity contribution in [1.82, 2.24) is 0 Å². The van der Waals surface area contributed by atoms with Gasteiger partial charge in [0.2, 0.25) is 0 Å². The molecule has 1 aromatic carbocycles. The summed E-state index contributed by atoms with van der Waals surface area (Å²) in [5.41, 5.74) is 1.20. The third kappa shape index (κ3) is 13.0. The molecule has 0 aromatic heterocycles. The van der Waals surface area contributed by atoms with Gasteiger partial charge in [0.1, 0.15) is 0 Å². The van der Waals surface area contributed by atoms with E-state index >= 15 is 0 Å². The normalized spacial score (nSPS) is 10.3. The van der Waals surface area contributed by atoms with Gasteiger partial charge in [0.15, 0.2) is 0 Å². The van der Waals surface area contributed by atoms with Crippen LogP contribution in [0.5, 0.6) is 0 Å². The molecule has 127 valence electrons. The predicted octanol–water partition coefficient (Wildman–Crippen LogP) is 7.12. The van der Waals surface area contributed by atoms with E-state index in [-0.39, 0.29) is 0 Å². The van der Waals surface area contributed by atoms with Crippen molar-refractivity contribution in [2.24, 2.45) is 0 Å². The molecule has 0 amide bonds. The lowest BCUT2D eigenvalue weighted by molar-refractivity contribution is 0.545. The minimum atomic E-state index is 0.846. The predicted molar refractivity (Wildman–Crippen MR) is 102 cm³/mol. The van der Waals surface area contributed by atoms with Crippen molar-refractivity contribution in [3.05, 3.63) is 35.9 Å². The van der Waals surface area contributed by atoms with Gasteiger partial charge in [-0.1, -0.05) is 108 Å². The highest BCUT2D eigenvalue weighted by Gasteiger charge is 1.93. The van der Waals surface area contributed by atoms with Gasteiger partial charge in [0.05, 0.1) is 0 Å². The Balaban J connectivity index is 1.80. The highest BCUT2D eigenvalue weighted by molar-refractivity contribution is 5.19. The van der Waals surface area contributed by atoms with Crippen molar-refractivity contribution >= 4 is 0 Å². The van der Waals surface area contributed by atoms with E-state index in [2.05, 4.69) is 37.0 Å². The van der Waals surface area contributed by atoms with E-state index in [0.29, 0.717) is 0 Å². The summed E-state index contributed by atoms with van der Waals surface area (Å²) < 4.78 is 0. The SMILES string of the molecule is CCCCCCCCCCCCCCC#CCc1[c]cccc1. The quantitative estimate of drug-likeness (QED) is 0.268. The number of benzene rings is 1. The molecule has 0 N–H and O–H groups in total. The van der Waals surface area contributed by atoms with Gasteiger partial charge in [-0.25, -0.2) is 0 Å². The number of rotatable bonds is 13. The van der Waals surface area contributed by atoms with Crippen LogP contribution in [0.25, 0.3) is 0 Å². The van der Waals surface area contributed by atoms with Gasteiger partial charge >= 0.3 is 0 Å². The molecule has 1 rings (SSSR count). The van der Waals surface area contributed by atoms with Crippen LogP contribution >= 0.6 is 0 Å². The van der Waals surface area contributed by atoms with E-state index < -0.39 is 0 Å². The summed E-state index contributed by atoms with van der Waals surface area (Å²) in [7, 11) is 0. The molecule has 0 heteroatoms. The lowest BCUT2D eigenvalue weighted by Crippen LogP contribution is -1.83. The molecule has 0 saturated heterocycles. The summed E-state index contributed by atoms with van der Waals surface area (Å²) in [6.07, 6.45) is 18.8. The Morgan fingerprint density at radius 3 is 1.91 bits per heavy atom. The summed E-state index contributed by atoms with van der Waals surface area (Å²) in [6.45, 7) is 2.29. The molecule has 0 bridgehead atoms. The fourth-order valence-corrected chi connectivity index (χ4v) is 2.84. The van der Waals surface area contributed by atoms with Crippen molar-refractivity contribution in [1.29, 1.82) is 0 Å². The Kier molecular flexibility index (Phi) is 13.5. The molecule has 0 fully saturated rings. The zero-order valence-corrected chi connectivity index (χ0v) is 15.2. The smallest absolute Gasteiger partial charge is 0.0346 e. The topological polar surface area (TPSA) is 0 Å². The summed E-state index contributed by atoms with van der Waals surface area (Å²) in [6, 6.07) is 11.3. The molecular formula is C23H35. The standard InChI is InChI=1S/C23H35/c1-2-3-4-5-6-7-8-9-10-11-12-13-14-15-17-20-23-21-18-16-19-22-23/h16,18-19,21H,2-14,20H2,1H3. The summed E-state index contributed by atoms with van der Waals surface area (Å²) in [5, 5.41) is 0. The van der Waals surface area contributed by atoms with Gasteiger partial charge in [-0.3, -0.25) is 0 Å². The molecule has 23 heavy (non-hydrogen) atoms. The third-order valence-electron chi connectivity index (χ3n) is 4.33. The highest BCUT2D eigenvalue weighted by atomic mass is 14.0. The second-order valence-corrected chi connectivity index (χ2v) is 6.56. The van der Waals surface area contributed by atoms with Crippen LogP contribution in [-0.2, 0) is 6.42 Å². The minimum Gasteiger partial charge on any atom is -0.103 e. The van der Waals surface area contributed by atoms with Gasteiger partial charge in [-0.15, -0.1) is 5.92 Å². The average Bonchev–Trinajstić information content (AvgIpc) is 2.59. The van der Waals surface area contributed by atoms with Gasteiger partial charge < -0.3 is 0 Å². The molecule has 0 saturated carbocycles. The van der Waals surface area contributed by atoms with E-state index in [0.717, 1.165) is 12.8 Å². The summed E-state index contributed by atoms with van der Waals surface area (Å²) >= 11 is 0. The first kappa shape index (κ1) is 19.8. The van der Waals surface area contributed by atoms with Crippen LogP contribution in [-0.4, -0.2) is 0 Å². The van der Waals surface area contributed by atoms with Crippen LogP contribution in [0.15, 0.2) is 24.3 Å². The highest BCUT2D eigenvalue weighted by Crippen LogP contribution is 2.12. The maximum absolute atomic E-state index is 3.30. The van der Waals surface area contributed by atoms with E-state index in [4.69, 9.17) is 0 Å². The zero-order valence-electron chi connectivity index (χ0n) is 15.2. The van der Waals surface area contributed by atoms with E-state index in [1.54, 1.807) is 0 Å². The average molecular weight is 312 g/mol. The molecule has 0 heterocycles. The fraction of sp³-hybridized carbons (Fsp3) is 0.652. The number of hydrogen-bond donors (Lipinski definition) is 0. The van der Waals surface area contributed by atoms with Crippen LogP contribution in [0.3, 0.4) is 0 Å². The first-order valence-electron chi connectivity index (χ1n) is 9.85. The van der Waals surface area contributed by atoms with Gasteiger partial charge in [0, 0.05) is 12.8 Å². The Labute approximate surface area is 145 Å². The molecule has 0 aliphatic heterocycles.